The molecule has 0 spiro atoms. The first-order valence-electron chi connectivity index (χ1n) is 5.71. The molecule has 0 atom stereocenters. The predicted molar refractivity (Wildman–Crippen MR) is 85.0 cm³/mol. The Kier molecular flexibility index (Phi) is 3.61. The lowest BCUT2D eigenvalue weighted by Crippen LogP contribution is -1.83. The van der Waals surface area contributed by atoms with Gasteiger partial charge >= 0.3 is 0 Å². The number of phenolic OH excluding ortho intramolecular Hbond substituents is 1. The zero-order valence-corrected chi connectivity index (χ0v) is 12.4. The fraction of sp³-hybridized carbons (Fsp3) is 0. The maximum atomic E-state index is 9.84. The molecule has 0 unspecified atom stereocenters. The van der Waals surface area contributed by atoms with E-state index in [2.05, 4.69) is 9.98 Å². The topological polar surface area (TPSA) is 45.5 Å². The standard InChI is InChI=1S/C14H8Cl2N2OS/c15-9-5-8(13(19)10(16)6-9)7-17-14-18-11-3-1-2-4-12(11)20-14/h1-7,19H/b17-7+. The number of aromatic hydroxyl groups is 1. The van der Waals surface area contributed by atoms with Gasteiger partial charge in [0, 0.05) is 16.8 Å². The number of aromatic nitrogens is 1. The Balaban J connectivity index is 1.98. The van der Waals surface area contributed by atoms with E-state index in [1.54, 1.807) is 6.07 Å². The zero-order chi connectivity index (χ0) is 14.1. The minimum atomic E-state index is -0.0408. The molecule has 1 aromatic heterocycles. The van der Waals surface area contributed by atoms with Crippen LogP contribution in [-0.2, 0) is 0 Å². The molecule has 0 aliphatic rings. The Bertz CT molecular complexity index is 781. The van der Waals surface area contributed by atoms with Crippen LogP contribution in [0.3, 0.4) is 0 Å². The van der Waals surface area contributed by atoms with Gasteiger partial charge in [0.1, 0.15) is 5.75 Å². The smallest absolute Gasteiger partial charge is 0.210 e. The monoisotopic (exact) mass is 322 g/mol. The van der Waals surface area contributed by atoms with Crippen molar-refractivity contribution in [1.82, 2.24) is 4.98 Å². The van der Waals surface area contributed by atoms with E-state index >= 15 is 0 Å². The third kappa shape index (κ3) is 2.63. The van der Waals surface area contributed by atoms with Gasteiger partial charge in [-0.2, -0.15) is 0 Å². The minimum absolute atomic E-state index is 0.0408. The molecule has 6 heteroatoms. The summed E-state index contributed by atoms with van der Waals surface area (Å²) in [5.41, 5.74) is 1.36. The van der Waals surface area contributed by atoms with E-state index in [4.69, 9.17) is 23.2 Å². The highest BCUT2D eigenvalue weighted by molar-refractivity contribution is 7.22. The minimum Gasteiger partial charge on any atom is -0.506 e. The van der Waals surface area contributed by atoms with Crippen molar-refractivity contribution in [3.63, 3.8) is 0 Å². The highest BCUT2D eigenvalue weighted by Crippen LogP contribution is 2.31. The Morgan fingerprint density at radius 2 is 2.00 bits per heavy atom. The lowest BCUT2D eigenvalue weighted by atomic mass is 10.2. The van der Waals surface area contributed by atoms with E-state index in [0.29, 0.717) is 15.7 Å². The number of thiazole rings is 1. The van der Waals surface area contributed by atoms with Gasteiger partial charge in [0.2, 0.25) is 5.13 Å². The third-order valence-corrected chi connectivity index (χ3v) is 4.11. The summed E-state index contributed by atoms with van der Waals surface area (Å²) in [5, 5.41) is 11.1. The van der Waals surface area contributed by atoms with Gasteiger partial charge in [0.25, 0.3) is 0 Å². The molecular weight excluding hydrogens is 315 g/mol. The number of para-hydroxylation sites is 1. The molecule has 100 valence electrons. The molecule has 0 saturated carbocycles. The quantitative estimate of drug-likeness (QED) is 0.670. The first-order chi connectivity index (χ1) is 9.63. The second kappa shape index (κ2) is 5.40. The van der Waals surface area contributed by atoms with Gasteiger partial charge in [-0.05, 0) is 24.3 Å². The summed E-state index contributed by atoms with van der Waals surface area (Å²) in [7, 11) is 0. The Morgan fingerprint density at radius 1 is 1.20 bits per heavy atom. The molecule has 0 bridgehead atoms. The van der Waals surface area contributed by atoms with Crippen molar-refractivity contribution in [3.8, 4) is 5.75 Å². The van der Waals surface area contributed by atoms with E-state index < -0.39 is 0 Å². The highest BCUT2D eigenvalue weighted by atomic mass is 35.5. The zero-order valence-electron chi connectivity index (χ0n) is 10.0. The number of nitrogens with zero attached hydrogens (tertiary/aromatic N) is 2. The number of fused-ring (bicyclic) bond motifs is 1. The molecule has 2 aromatic carbocycles. The summed E-state index contributed by atoms with van der Waals surface area (Å²) >= 11 is 13.2. The maximum absolute atomic E-state index is 9.84. The van der Waals surface area contributed by atoms with Crippen molar-refractivity contribution in [2.75, 3.05) is 0 Å². The molecule has 20 heavy (non-hydrogen) atoms. The molecule has 3 aromatic rings. The lowest BCUT2D eigenvalue weighted by molar-refractivity contribution is 0.475. The number of benzene rings is 2. The van der Waals surface area contributed by atoms with Gasteiger partial charge in [0.15, 0.2) is 0 Å². The third-order valence-electron chi connectivity index (χ3n) is 2.65. The lowest BCUT2D eigenvalue weighted by Gasteiger charge is -2.01. The van der Waals surface area contributed by atoms with E-state index in [9.17, 15) is 5.11 Å². The van der Waals surface area contributed by atoms with Crippen molar-refractivity contribution < 1.29 is 5.11 Å². The van der Waals surface area contributed by atoms with Crippen LogP contribution in [0, 0.1) is 0 Å². The van der Waals surface area contributed by atoms with Crippen molar-refractivity contribution in [3.05, 3.63) is 52.0 Å². The molecule has 0 saturated heterocycles. The maximum Gasteiger partial charge on any atom is 0.210 e. The second-order valence-corrected chi connectivity index (χ2v) is 5.90. The Hall–Kier alpha value is -1.62. The predicted octanol–water partition coefficient (Wildman–Crippen LogP) is 5.06. The Labute approximate surface area is 129 Å². The summed E-state index contributed by atoms with van der Waals surface area (Å²) in [4.78, 5) is 8.64. The van der Waals surface area contributed by atoms with Crippen LogP contribution in [0.25, 0.3) is 10.2 Å². The highest BCUT2D eigenvalue weighted by Gasteiger charge is 2.06. The summed E-state index contributed by atoms with van der Waals surface area (Å²) in [5.74, 6) is -0.0408. The van der Waals surface area contributed by atoms with Crippen LogP contribution in [0.5, 0.6) is 5.75 Å². The molecule has 3 rings (SSSR count). The number of aliphatic imine (C=N–C) groups is 1. The van der Waals surface area contributed by atoms with E-state index in [1.165, 1.54) is 23.6 Å². The van der Waals surface area contributed by atoms with Crippen molar-refractivity contribution in [2.45, 2.75) is 0 Å². The fourth-order valence-electron chi connectivity index (χ4n) is 1.72. The van der Waals surface area contributed by atoms with Gasteiger partial charge in [-0.1, -0.05) is 46.7 Å². The fourth-order valence-corrected chi connectivity index (χ4v) is 3.04. The largest absolute Gasteiger partial charge is 0.506 e. The van der Waals surface area contributed by atoms with Crippen LogP contribution in [0.1, 0.15) is 5.56 Å². The molecular formula is C14H8Cl2N2OS. The van der Waals surface area contributed by atoms with Crippen molar-refractivity contribution in [2.24, 2.45) is 4.99 Å². The average Bonchev–Trinajstić information content (AvgIpc) is 2.84. The molecule has 3 nitrogen and oxygen atoms in total. The van der Waals surface area contributed by atoms with Crippen LogP contribution >= 0.6 is 34.5 Å². The normalized spacial score (nSPS) is 11.5. The van der Waals surface area contributed by atoms with Gasteiger partial charge in [-0.15, -0.1) is 0 Å². The number of hydrogen-bond donors (Lipinski definition) is 1. The first-order valence-corrected chi connectivity index (χ1v) is 7.28. The van der Waals surface area contributed by atoms with E-state index in [-0.39, 0.29) is 10.8 Å². The van der Waals surface area contributed by atoms with Crippen molar-refractivity contribution >= 4 is 56.1 Å². The van der Waals surface area contributed by atoms with Crippen LogP contribution in [0.2, 0.25) is 10.0 Å². The first kappa shape index (κ1) is 13.4. The number of halogens is 2. The van der Waals surface area contributed by atoms with Gasteiger partial charge in [-0.25, -0.2) is 9.98 Å². The Morgan fingerprint density at radius 3 is 2.80 bits per heavy atom. The second-order valence-electron chi connectivity index (χ2n) is 4.05. The number of rotatable bonds is 2. The van der Waals surface area contributed by atoms with E-state index in [0.717, 1.165) is 10.2 Å². The van der Waals surface area contributed by atoms with Gasteiger partial charge in [0.05, 0.1) is 15.2 Å². The molecule has 1 N–H and O–H groups in total. The molecule has 1 heterocycles. The van der Waals surface area contributed by atoms with Gasteiger partial charge < -0.3 is 5.11 Å². The average molecular weight is 323 g/mol. The molecule has 0 amide bonds. The number of hydrogen-bond acceptors (Lipinski definition) is 4. The van der Waals surface area contributed by atoms with Crippen LogP contribution in [0.4, 0.5) is 5.13 Å². The summed E-state index contributed by atoms with van der Waals surface area (Å²) in [6.07, 6.45) is 1.50. The summed E-state index contributed by atoms with van der Waals surface area (Å²) in [6, 6.07) is 10.9. The van der Waals surface area contributed by atoms with Crippen LogP contribution in [-0.4, -0.2) is 16.3 Å². The summed E-state index contributed by atoms with van der Waals surface area (Å²) < 4.78 is 1.06. The number of phenols is 1. The molecule has 0 aliphatic carbocycles. The molecule has 0 radical (unpaired) electrons. The van der Waals surface area contributed by atoms with Crippen LogP contribution in [0.15, 0.2) is 41.4 Å². The van der Waals surface area contributed by atoms with Gasteiger partial charge in [-0.3, -0.25) is 0 Å². The SMILES string of the molecule is Oc1c(Cl)cc(Cl)cc1/C=N/c1nc2ccccc2s1. The molecule has 0 aliphatic heterocycles. The molecule has 0 fully saturated rings. The van der Waals surface area contributed by atoms with E-state index in [1.807, 2.05) is 24.3 Å². The van der Waals surface area contributed by atoms with Crippen LogP contribution < -0.4 is 0 Å². The van der Waals surface area contributed by atoms with Crippen molar-refractivity contribution in [1.29, 1.82) is 0 Å². The summed E-state index contributed by atoms with van der Waals surface area (Å²) in [6.45, 7) is 0.